The molecule has 0 unspecified atom stereocenters. The van der Waals surface area contributed by atoms with Crippen LogP contribution in [0.4, 0.5) is 5.69 Å². The molecule has 2 rings (SSSR count). The number of nitrogens with one attached hydrogen (secondary N) is 1. The lowest BCUT2D eigenvalue weighted by Gasteiger charge is -2.12. The molecule has 0 heterocycles. The molecule has 0 aliphatic heterocycles. The summed E-state index contributed by atoms with van der Waals surface area (Å²) in [5.74, 6) is 0. The van der Waals surface area contributed by atoms with Gasteiger partial charge in [0, 0.05) is 0 Å². The number of anilines is 1. The number of benzene rings is 2. The summed E-state index contributed by atoms with van der Waals surface area (Å²) in [7, 11) is -3.75. The van der Waals surface area contributed by atoms with E-state index >= 15 is 0 Å². The van der Waals surface area contributed by atoms with Crippen molar-refractivity contribution in [3.63, 3.8) is 0 Å². The van der Waals surface area contributed by atoms with Crippen LogP contribution in [0.1, 0.15) is 16.7 Å². The van der Waals surface area contributed by atoms with Crippen LogP contribution in [0.3, 0.4) is 0 Å². The lowest BCUT2D eigenvalue weighted by atomic mass is 10.1. The molecule has 0 aliphatic carbocycles. The van der Waals surface area contributed by atoms with E-state index in [1.165, 1.54) is 18.2 Å². The molecule has 0 fully saturated rings. The first-order valence-corrected chi connectivity index (χ1v) is 8.00. The third-order valence-electron chi connectivity index (χ3n) is 3.09. The Hall–Kier alpha value is -2.03. The number of hydrogen-bond donors (Lipinski definition) is 1. The van der Waals surface area contributed by atoms with E-state index in [1.54, 1.807) is 32.0 Å². The average molecular weight is 321 g/mol. The van der Waals surface area contributed by atoms with E-state index in [1.807, 2.05) is 6.07 Å². The Morgan fingerprint density at radius 3 is 2.43 bits per heavy atom. The molecular formula is C15H13ClN2O2S. The largest absolute Gasteiger partial charge is 0.278 e. The summed E-state index contributed by atoms with van der Waals surface area (Å²) in [5, 5.41) is 9.22. The lowest BCUT2D eigenvalue weighted by molar-refractivity contribution is 0.601. The summed E-state index contributed by atoms with van der Waals surface area (Å²) in [6.45, 7) is 3.46. The maximum absolute atomic E-state index is 12.4. The van der Waals surface area contributed by atoms with Crippen LogP contribution in [0.5, 0.6) is 0 Å². The second kappa shape index (κ2) is 5.76. The van der Waals surface area contributed by atoms with E-state index < -0.39 is 10.0 Å². The van der Waals surface area contributed by atoms with Crippen LogP contribution in [-0.2, 0) is 10.0 Å². The van der Waals surface area contributed by atoms with Crippen LogP contribution in [0, 0.1) is 25.2 Å². The van der Waals surface area contributed by atoms with Crippen molar-refractivity contribution < 1.29 is 8.42 Å². The van der Waals surface area contributed by atoms with Gasteiger partial charge in [-0.1, -0.05) is 23.7 Å². The number of nitrogens with zero attached hydrogens (tertiary/aromatic N) is 1. The van der Waals surface area contributed by atoms with Gasteiger partial charge in [-0.2, -0.15) is 5.26 Å². The van der Waals surface area contributed by atoms with Crippen molar-refractivity contribution in [2.24, 2.45) is 0 Å². The Bertz CT molecular complexity index is 819. The highest BCUT2D eigenvalue weighted by molar-refractivity contribution is 7.92. The zero-order valence-electron chi connectivity index (χ0n) is 11.5. The minimum atomic E-state index is -3.75. The van der Waals surface area contributed by atoms with E-state index in [0.29, 0.717) is 21.8 Å². The van der Waals surface area contributed by atoms with Gasteiger partial charge in [0.2, 0.25) is 0 Å². The van der Waals surface area contributed by atoms with Crippen molar-refractivity contribution in [3.05, 3.63) is 58.1 Å². The van der Waals surface area contributed by atoms with Gasteiger partial charge >= 0.3 is 0 Å². The average Bonchev–Trinajstić information content (AvgIpc) is 2.43. The number of para-hydroxylation sites is 1. The van der Waals surface area contributed by atoms with Crippen LogP contribution in [-0.4, -0.2) is 8.42 Å². The first-order chi connectivity index (χ1) is 9.85. The summed E-state index contributed by atoms with van der Waals surface area (Å²) in [6.07, 6.45) is 0. The van der Waals surface area contributed by atoms with Gasteiger partial charge in [-0.15, -0.1) is 0 Å². The number of aryl methyl sites for hydroxylation is 2. The van der Waals surface area contributed by atoms with E-state index in [4.69, 9.17) is 16.9 Å². The highest BCUT2D eigenvalue weighted by Gasteiger charge is 2.17. The standard InChI is InChI=1S/C15H13ClN2O2S/c1-10-4-3-5-14(16)15(10)18-21(19,20)13-7-6-12(9-17)11(2)8-13/h3-8,18H,1-2H3. The van der Waals surface area contributed by atoms with Crippen LogP contribution in [0.2, 0.25) is 5.02 Å². The molecule has 0 bridgehead atoms. The van der Waals surface area contributed by atoms with Crippen LogP contribution in [0.25, 0.3) is 0 Å². The molecule has 4 nitrogen and oxygen atoms in total. The molecule has 0 aromatic heterocycles. The number of nitriles is 1. The molecule has 108 valence electrons. The molecule has 0 saturated heterocycles. The summed E-state index contributed by atoms with van der Waals surface area (Å²) in [6, 6.07) is 11.5. The Kier molecular flexibility index (Phi) is 4.21. The second-order valence-corrected chi connectivity index (χ2v) is 6.72. The van der Waals surface area contributed by atoms with Crippen LogP contribution >= 0.6 is 11.6 Å². The molecule has 0 saturated carbocycles. The third-order valence-corrected chi connectivity index (χ3v) is 4.75. The molecule has 2 aromatic carbocycles. The molecule has 0 spiro atoms. The van der Waals surface area contributed by atoms with E-state index in [2.05, 4.69) is 4.72 Å². The van der Waals surface area contributed by atoms with Gasteiger partial charge in [-0.25, -0.2) is 8.42 Å². The second-order valence-electron chi connectivity index (χ2n) is 4.63. The molecule has 21 heavy (non-hydrogen) atoms. The van der Waals surface area contributed by atoms with Crippen molar-refractivity contribution >= 4 is 27.3 Å². The molecule has 1 N–H and O–H groups in total. The van der Waals surface area contributed by atoms with Crippen molar-refractivity contribution in [3.8, 4) is 6.07 Å². The number of rotatable bonds is 3. The quantitative estimate of drug-likeness (QED) is 0.938. The van der Waals surface area contributed by atoms with Gasteiger partial charge in [-0.3, -0.25) is 4.72 Å². The summed E-state index contributed by atoms with van der Waals surface area (Å²) in [5.41, 5.74) is 2.15. The van der Waals surface area contributed by atoms with Crippen LogP contribution in [0.15, 0.2) is 41.3 Å². The normalized spacial score (nSPS) is 11.0. The predicted octanol–water partition coefficient (Wildman–Crippen LogP) is 3.63. The molecule has 0 aliphatic rings. The number of halogens is 1. The van der Waals surface area contributed by atoms with Gasteiger partial charge in [-0.05, 0) is 49.2 Å². The number of sulfonamides is 1. The first kappa shape index (κ1) is 15.4. The SMILES string of the molecule is Cc1cc(S(=O)(=O)Nc2c(C)cccc2Cl)ccc1C#N. The zero-order chi connectivity index (χ0) is 15.6. The Balaban J connectivity index is 2.44. The molecule has 0 radical (unpaired) electrons. The Morgan fingerprint density at radius 1 is 1.14 bits per heavy atom. The van der Waals surface area contributed by atoms with Crippen LogP contribution < -0.4 is 4.72 Å². The monoisotopic (exact) mass is 320 g/mol. The summed E-state index contributed by atoms with van der Waals surface area (Å²) < 4.78 is 27.3. The van der Waals surface area contributed by atoms with Gasteiger partial charge in [0.15, 0.2) is 0 Å². The first-order valence-electron chi connectivity index (χ1n) is 6.14. The fourth-order valence-electron chi connectivity index (χ4n) is 1.88. The van der Waals surface area contributed by atoms with Crippen molar-refractivity contribution in [2.45, 2.75) is 18.7 Å². The highest BCUT2D eigenvalue weighted by atomic mass is 35.5. The van der Waals surface area contributed by atoms with E-state index in [0.717, 1.165) is 5.56 Å². The fraction of sp³-hybridized carbons (Fsp3) is 0.133. The molecule has 0 amide bonds. The Morgan fingerprint density at radius 2 is 1.86 bits per heavy atom. The minimum Gasteiger partial charge on any atom is -0.278 e. The maximum atomic E-state index is 12.4. The van der Waals surface area contributed by atoms with Gasteiger partial charge < -0.3 is 0 Å². The molecule has 6 heteroatoms. The Labute approximate surface area is 129 Å². The topological polar surface area (TPSA) is 70.0 Å². The molecular weight excluding hydrogens is 308 g/mol. The maximum Gasteiger partial charge on any atom is 0.261 e. The molecule has 2 aromatic rings. The van der Waals surface area contributed by atoms with E-state index in [9.17, 15) is 8.42 Å². The minimum absolute atomic E-state index is 0.0957. The lowest BCUT2D eigenvalue weighted by Crippen LogP contribution is -2.14. The van der Waals surface area contributed by atoms with Gasteiger partial charge in [0.05, 0.1) is 27.2 Å². The fourth-order valence-corrected chi connectivity index (χ4v) is 3.44. The smallest absolute Gasteiger partial charge is 0.261 e. The van der Waals surface area contributed by atoms with Crippen molar-refractivity contribution in [2.75, 3.05) is 4.72 Å². The van der Waals surface area contributed by atoms with Crippen molar-refractivity contribution in [1.82, 2.24) is 0 Å². The summed E-state index contributed by atoms with van der Waals surface area (Å²) in [4.78, 5) is 0.0957. The highest BCUT2D eigenvalue weighted by Crippen LogP contribution is 2.28. The third kappa shape index (κ3) is 3.18. The van der Waals surface area contributed by atoms with Gasteiger partial charge in [0.1, 0.15) is 0 Å². The zero-order valence-corrected chi connectivity index (χ0v) is 13.1. The van der Waals surface area contributed by atoms with Gasteiger partial charge in [0.25, 0.3) is 10.0 Å². The predicted molar refractivity (Wildman–Crippen MR) is 82.9 cm³/mol. The van der Waals surface area contributed by atoms with E-state index in [-0.39, 0.29) is 4.90 Å². The summed E-state index contributed by atoms with van der Waals surface area (Å²) >= 11 is 6.03. The number of hydrogen-bond acceptors (Lipinski definition) is 3. The van der Waals surface area contributed by atoms with Crippen molar-refractivity contribution in [1.29, 1.82) is 5.26 Å². The molecule has 0 atom stereocenters.